The lowest BCUT2D eigenvalue weighted by Crippen LogP contribution is -2.45. The number of hydrogen-bond acceptors (Lipinski definition) is 2. The molecule has 1 saturated carbocycles. The molecule has 0 aromatic rings. The fourth-order valence-corrected chi connectivity index (χ4v) is 3.71. The second kappa shape index (κ2) is 4.83. The second-order valence-corrected chi connectivity index (χ2v) is 7.49. The molecule has 0 bridgehead atoms. The van der Waals surface area contributed by atoms with Crippen molar-refractivity contribution in [1.29, 1.82) is 0 Å². The molecule has 3 nitrogen and oxygen atoms in total. The van der Waals surface area contributed by atoms with Crippen molar-refractivity contribution in [2.24, 2.45) is 5.92 Å². The summed E-state index contributed by atoms with van der Waals surface area (Å²) in [5.41, 5.74) is 0. The van der Waals surface area contributed by atoms with E-state index in [2.05, 4.69) is 6.92 Å². The van der Waals surface area contributed by atoms with Crippen LogP contribution in [0.2, 0.25) is 0 Å². The predicted octanol–water partition coefficient (Wildman–Crippen LogP) is 2.24. The third-order valence-electron chi connectivity index (χ3n) is 3.53. The van der Waals surface area contributed by atoms with Gasteiger partial charge in [0.2, 0.25) is 10.0 Å². The zero-order valence-corrected chi connectivity index (χ0v) is 11.0. The molecule has 0 aromatic heterocycles. The molecular weight excluding hydrogens is 210 g/mol. The Morgan fingerprint density at radius 3 is 2.20 bits per heavy atom. The normalized spacial score (nSPS) is 28.7. The Morgan fingerprint density at radius 2 is 1.73 bits per heavy atom. The van der Waals surface area contributed by atoms with E-state index in [0.717, 1.165) is 19.3 Å². The summed E-state index contributed by atoms with van der Waals surface area (Å²) in [6.07, 6.45) is 4.58. The Labute approximate surface area is 93.9 Å². The van der Waals surface area contributed by atoms with Crippen LogP contribution >= 0.6 is 0 Å². The minimum Gasteiger partial charge on any atom is -0.212 e. The second-order valence-electron chi connectivity index (χ2n) is 4.94. The van der Waals surface area contributed by atoms with Crippen LogP contribution in [0, 0.1) is 5.92 Å². The van der Waals surface area contributed by atoms with Crippen LogP contribution in [0.3, 0.4) is 0 Å². The fourth-order valence-electron chi connectivity index (χ4n) is 2.36. The number of sulfonamides is 1. The molecule has 0 aromatic carbocycles. The molecule has 4 heteroatoms. The van der Waals surface area contributed by atoms with Crippen molar-refractivity contribution in [3.63, 3.8) is 0 Å². The summed E-state index contributed by atoms with van der Waals surface area (Å²) in [6.45, 7) is 5.66. The summed E-state index contributed by atoms with van der Waals surface area (Å²) in [7, 11) is -1.34. The molecule has 0 spiro atoms. The third-order valence-corrected chi connectivity index (χ3v) is 5.80. The summed E-state index contributed by atoms with van der Waals surface area (Å²) in [4.78, 5) is 0. The van der Waals surface area contributed by atoms with Gasteiger partial charge >= 0.3 is 0 Å². The standard InChI is InChI=1S/C11H23NO2S/c1-9(2)15(13,14)12(4)11-8-6-5-7-10(11)3/h9-11H,5-8H2,1-4H3. The van der Waals surface area contributed by atoms with E-state index >= 15 is 0 Å². The summed E-state index contributed by atoms with van der Waals surface area (Å²) in [5.74, 6) is 0.497. The van der Waals surface area contributed by atoms with Gasteiger partial charge in [-0.25, -0.2) is 12.7 Å². The molecule has 0 N–H and O–H groups in total. The Hall–Kier alpha value is -0.0900. The van der Waals surface area contributed by atoms with Gasteiger partial charge in [0.1, 0.15) is 0 Å². The zero-order valence-electron chi connectivity index (χ0n) is 10.2. The lowest BCUT2D eigenvalue weighted by atomic mass is 9.86. The van der Waals surface area contributed by atoms with Crippen LogP contribution in [0.15, 0.2) is 0 Å². The molecule has 1 aliphatic carbocycles. The smallest absolute Gasteiger partial charge is 0.212 e. The first-order chi connectivity index (χ1) is 6.87. The SMILES string of the molecule is CC1CCCCC1N(C)S(=O)(=O)C(C)C. The Balaban J connectivity index is 2.79. The lowest BCUT2D eigenvalue weighted by molar-refractivity contribution is 0.212. The van der Waals surface area contributed by atoms with Gasteiger partial charge in [0.05, 0.1) is 5.25 Å². The molecule has 1 fully saturated rings. The highest BCUT2D eigenvalue weighted by Crippen LogP contribution is 2.29. The van der Waals surface area contributed by atoms with Crippen LogP contribution in [0.25, 0.3) is 0 Å². The summed E-state index contributed by atoms with van der Waals surface area (Å²) < 4.78 is 25.6. The summed E-state index contributed by atoms with van der Waals surface area (Å²) in [6, 6.07) is 0.214. The predicted molar refractivity (Wildman–Crippen MR) is 63.2 cm³/mol. The third kappa shape index (κ3) is 2.72. The molecule has 0 aliphatic heterocycles. The molecule has 1 aliphatic rings. The van der Waals surface area contributed by atoms with E-state index in [1.807, 2.05) is 0 Å². The van der Waals surface area contributed by atoms with Crippen molar-refractivity contribution in [1.82, 2.24) is 4.31 Å². The first-order valence-corrected chi connectivity index (χ1v) is 7.34. The Kier molecular flexibility index (Phi) is 4.18. The van der Waals surface area contributed by atoms with Gasteiger partial charge in [-0.05, 0) is 32.6 Å². The molecule has 2 atom stereocenters. The van der Waals surface area contributed by atoms with Crippen molar-refractivity contribution in [3.8, 4) is 0 Å². The van der Waals surface area contributed by atoms with Crippen LogP contribution in [-0.2, 0) is 10.0 Å². The zero-order chi connectivity index (χ0) is 11.6. The molecule has 90 valence electrons. The minimum atomic E-state index is -3.08. The average Bonchev–Trinajstić information content (AvgIpc) is 2.17. The molecule has 15 heavy (non-hydrogen) atoms. The highest BCUT2D eigenvalue weighted by molar-refractivity contribution is 7.89. The quantitative estimate of drug-likeness (QED) is 0.749. The highest BCUT2D eigenvalue weighted by Gasteiger charge is 2.33. The van der Waals surface area contributed by atoms with Crippen LogP contribution in [0.5, 0.6) is 0 Å². The topological polar surface area (TPSA) is 37.4 Å². The molecule has 0 saturated heterocycles. The molecule has 1 rings (SSSR count). The summed E-state index contributed by atoms with van der Waals surface area (Å²) >= 11 is 0. The van der Waals surface area contributed by atoms with Crippen molar-refractivity contribution < 1.29 is 8.42 Å². The monoisotopic (exact) mass is 233 g/mol. The molecular formula is C11H23NO2S. The van der Waals surface area contributed by atoms with Gasteiger partial charge in [-0.1, -0.05) is 19.8 Å². The van der Waals surface area contributed by atoms with Gasteiger partial charge in [-0.15, -0.1) is 0 Å². The molecule has 0 radical (unpaired) electrons. The van der Waals surface area contributed by atoms with E-state index in [-0.39, 0.29) is 11.3 Å². The van der Waals surface area contributed by atoms with Gasteiger partial charge in [-0.2, -0.15) is 0 Å². The Bertz CT molecular complexity index is 298. The van der Waals surface area contributed by atoms with E-state index in [1.165, 1.54) is 6.42 Å². The minimum absolute atomic E-state index is 0.214. The Morgan fingerprint density at radius 1 is 1.20 bits per heavy atom. The van der Waals surface area contributed by atoms with E-state index in [0.29, 0.717) is 5.92 Å². The lowest BCUT2D eigenvalue weighted by Gasteiger charge is -2.36. The highest BCUT2D eigenvalue weighted by atomic mass is 32.2. The maximum Gasteiger partial charge on any atom is 0.216 e. The number of rotatable bonds is 3. The van der Waals surface area contributed by atoms with Crippen LogP contribution < -0.4 is 0 Å². The maximum atomic E-state index is 12.0. The van der Waals surface area contributed by atoms with Crippen molar-refractivity contribution in [2.75, 3.05) is 7.05 Å². The maximum absolute atomic E-state index is 12.0. The summed E-state index contributed by atoms with van der Waals surface area (Å²) in [5, 5.41) is -0.309. The van der Waals surface area contributed by atoms with Gasteiger partial charge in [0.15, 0.2) is 0 Å². The largest absolute Gasteiger partial charge is 0.216 e. The average molecular weight is 233 g/mol. The van der Waals surface area contributed by atoms with Gasteiger partial charge < -0.3 is 0 Å². The van der Waals surface area contributed by atoms with E-state index in [9.17, 15) is 8.42 Å². The van der Waals surface area contributed by atoms with Gasteiger partial charge in [0.25, 0.3) is 0 Å². The molecule has 0 amide bonds. The fraction of sp³-hybridized carbons (Fsp3) is 1.00. The van der Waals surface area contributed by atoms with E-state index in [4.69, 9.17) is 0 Å². The van der Waals surface area contributed by atoms with Crippen LogP contribution in [-0.4, -0.2) is 31.1 Å². The van der Waals surface area contributed by atoms with Gasteiger partial charge in [-0.3, -0.25) is 0 Å². The van der Waals surface area contributed by atoms with Crippen LogP contribution in [0.1, 0.15) is 46.5 Å². The van der Waals surface area contributed by atoms with Crippen LogP contribution in [0.4, 0.5) is 0 Å². The first-order valence-electron chi connectivity index (χ1n) is 5.84. The molecule has 2 unspecified atom stereocenters. The van der Waals surface area contributed by atoms with Crippen molar-refractivity contribution >= 4 is 10.0 Å². The van der Waals surface area contributed by atoms with Crippen molar-refractivity contribution in [2.45, 2.75) is 57.7 Å². The van der Waals surface area contributed by atoms with E-state index in [1.54, 1.807) is 25.2 Å². The number of hydrogen-bond donors (Lipinski definition) is 0. The van der Waals surface area contributed by atoms with Gasteiger partial charge in [0, 0.05) is 13.1 Å². The van der Waals surface area contributed by atoms with Crippen molar-refractivity contribution in [3.05, 3.63) is 0 Å². The molecule has 0 heterocycles. The first kappa shape index (κ1) is 13.0. The number of nitrogens with zero attached hydrogens (tertiary/aromatic N) is 1. The van der Waals surface area contributed by atoms with E-state index < -0.39 is 10.0 Å².